The first-order valence-corrected chi connectivity index (χ1v) is 6.85. The minimum absolute atomic E-state index is 0.247. The van der Waals surface area contributed by atoms with Gasteiger partial charge in [0.05, 0.1) is 17.4 Å². The Bertz CT molecular complexity index is 824. The third-order valence-electron chi connectivity index (χ3n) is 3.30. The first kappa shape index (κ1) is 14.2. The number of benzene rings is 2. The van der Waals surface area contributed by atoms with Crippen LogP contribution in [0.4, 0.5) is 4.39 Å². The van der Waals surface area contributed by atoms with Crippen molar-refractivity contribution in [3.05, 3.63) is 53.8 Å². The van der Waals surface area contributed by atoms with E-state index in [1.807, 2.05) is 0 Å². The van der Waals surface area contributed by atoms with Crippen molar-refractivity contribution in [1.82, 2.24) is 15.5 Å². The van der Waals surface area contributed by atoms with Gasteiger partial charge in [-0.3, -0.25) is 9.89 Å². The molecule has 1 amide bonds. The van der Waals surface area contributed by atoms with E-state index in [0.717, 1.165) is 16.5 Å². The number of carbonyl (C=O) groups excluding carboxylic acids is 1. The molecule has 5 nitrogen and oxygen atoms in total. The second-order valence-corrected chi connectivity index (χ2v) is 5.10. The number of fused-ring (bicyclic) bond motifs is 1. The van der Waals surface area contributed by atoms with Crippen LogP contribution in [0, 0.1) is 5.82 Å². The zero-order valence-electron chi connectivity index (χ0n) is 11.9. The van der Waals surface area contributed by atoms with Crippen molar-refractivity contribution in [2.75, 3.05) is 0 Å². The van der Waals surface area contributed by atoms with Crippen LogP contribution >= 0.6 is 0 Å². The van der Waals surface area contributed by atoms with Crippen molar-refractivity contribution >= 4 is 16.8 Å². The molecule has 0 spiro atoms. The molecular weight excluding hydrogens is 283 g/mol. The van der Waals surface area contributed by atoms with Gasteiger partial charge in [-0.05, 0) is 49.4 Å². The molecule has 0 saturated heterocycles. The Morgan fingerprint density at radius 1 is 1.27 bits per heavy atom. The number of nitrogens with two attached hydrogens (primary N) is 1. The molecule has 0 aliphatic heterocycles. The van der Waals surface area contributed by atoms with Gasteiger partial charge in [-0.15, -0.1) is 0 Å². The van der Waals surface area contributed by atoms with Crippen LogP contribution in [0.5, 0.6) is 0 Å². The molecule has 0 bridgehead atoms. The standard InChI is InChI=1S/C16H15FN4O/c1-9(18)19-16(22)11-4-7-14-13(8-11)15(21-20-14)10-2-5-12(17)6-3-10/h2-9H,18H2,1H3,(H,19,22)(H,20,21). The van der Waals surface area contributed by atoms with Crippen LogP contribution in [0.15, 0.2) is 42.5 Å². The van der Waals surface area contributed by atoms with Crippen LogP contribution in [-0.4, -0.2) is 22.3 Å². The smallest absolute Gasteiger partial charge is 0.252 e. The van der Waals surface area contributed by atoms with Crippen molar-refractivity contribution in [3.8, 4) is 11.3 Å². The van der Waals surface area contributed by atoms with E-state index in [0.29, 0.717) is 11.3 Å². The number of amides is 1. The van der Waals surface area contributed by atoms with Gasteiger partial charge in [0, 0.05) is 16.5 Å². The highest BCUT2D eigenvalue weighted by Crippen LogP contribution is 2.27. The lowest BCUT2D eigenvalue weighted by molar-refractivity contribution is 0.0941. The van der Waals surface area contributed by atoms with E-state index in [-0.39, 0.29) is 11.7 Å². The van der Waals surface area contributed by atoms with E-state index in [4.69, 9.17) is 5.73 Å². The second kappa shape index (κ2) is 5.57. The van der Waals surface area contributed by atoms with Crippen molar-refractivity contribution in [3.63, 3.8) is 0 Å². The molecule has 22 heavy (non-hydrogen) atoms. The molecular formula is C16H15FN4O. The van der Waals surface area contributed by atoms with Gasteiger partial charge in [0.1, 0.15) is 5.82 Å². The molecule has 3 aromatic rings. The first-order valence-electron chi connectivity index (χ1n) is 6.85. The lowest BCUT2D eigenvalue weighted by Gasteiger charge is -2.08. The number of halogens is 1. The third-order valence-corrected chi connectivity index (χ3v) is 3.30. The molecule has 3 rings (SSSR count). The molecule has 0 aliphatic rings. The van der Waals surface area contributed by atoms with Gasteiger partial charge in [0.15, 0.2) is 0 Å². The zero-order chi connectivity index (χ0) is 15.7. The Hall–Kier alpha value is -2.73. The van der Waals surface area contributed by atoms with Crippen molar-refractivity contribution < 1.29 is 9.18 Å². The van der Waals surface area contributed by atoms with E-state index < -0.39 is 6.17 Å². The Balaban J connectivity index is 2.05. The monoisotopic (exact) mass is 298 g/mol. The summed E-state index contributed by atoms with van der Waals surface area (Å²) >= 11 is 0. The zero-order valence-corrected chi connectivity index (χ0v) is 11.9. The maximum absolute atomic E-state index is 13.0. The van der Waals surface area contributed by atoms with Gasteiger partial charge in [0.25, 0.3) is 5.91 Å². The molecule has 1 heterocycles. The Morgan fingerprint density at radius 2 is 2.00 bits per heavy atom. The Morgan fingerprint density at radius 3 is 2.68 bits per heavy atom. The molecule has 2 aromatic carbocycles. The highest BCUT2D eigenvalue weighted by Gasteiger charge is 2.12. The molecule has 0 saturated carbocycles. The SMILES string of the molecule is CC(N)NC(=O)c1ccc2[nH]nc(-c3ccc(F)cc3)c2c1. The van der Waals surface area contributed by atoms with Gasteiger partial charge in [-0.2, -0.15) is 5.10 Å². The fraction of sp³-hybridized carbons (Fsp3) is 0.125. The van der Waals surface area contributed by atoms with Crippen LogP contribution in [0.25, 0.3) is 22.2 Å². The molecule has 0 aliphatic carbocycles. The number of hydrogen-bond donors (Lipinski definition) is 3. The minimum atomic E-state index is -0.427. The fourth-order valence-electron chi connectivity index (χ4n) is 2.27. The maximum Gasteiger partial charge on any atom is 0.252 e. The average molecular weight is 298 g/mol. The highest BCUT2D eigenvalue weighted by molar-refractivity contribution is 6.01. The number of aromatic nitrogens is 2. The van der Waals surface area contributed by atoms with Gasteiger partial charge in [-0.1, -0.05) is 0 Å². The summed E-state index contributed by atoms with van der Waals surface area (Å²) in [7, 11) is 0. The van der Waals surface area contributed by atoms with Gasteiger partial charge >= 0.3 is 0 Å². The quantitative estimate of drug-likeness (QED) is 0.649. The van der Waals surface area contributed by atoms with E-state index in [9.17, 15) is 9.18 Å². The molecule has 1 unspecified atom stereocenters. The molecule has 4 N–H and O–H groups in total. The summed E-state index contributed by atoms with van der Waals surface area (Å²) in [5.41, 5.74) is 8.32. The fourth-order valence-corrected chi connectivity index (χ4v) is 2.27. The van der Waals surface area contributed by atoms with Crippen LogP contribution in [0.2, 0.25) is 0 Å². The summed E-state index contributed by atoms with van der Waals surface area (Å²) in [6, 6.07) is 11.3. The summed E-state index contributed by atoms with van der Waals surface area (Å²) in [4.78, 5) is 12.0. The largest absolute Gasteiger partial charge is 0.337 e. The first-order chi connectivity index (χ1) is 10.5. The molecule has 1 aromatic heterocycles. The summed E-state index contributed by atoms with van der Waals surface area (Å²) < 4.78 is 13.0. The maximum atomic E-state index is 13.0. The third kappa shape index (κ3) is 2.68. The highest BCUT2D eigenvalue weighted by atomic mass is 19.1. The summed E-state index contributed by atoms with van der Waals surface area (Å²) in [6.45, 7) is 1.69. The molecule has 112 valence electrons. The summed E-state index contributed by atoms with van der Waals surface area (Å²) in [5.74, 6) is -0.552. The Labute approximate surface area is 126 Å². The number of hydrogen-bond acceptors (Lipinski definition) is 3. The molecule has 0 fully saturated rings. The van der Waals surface area contributed by atoms with Crippen molar-refractivity contribution in [1.29, 1.82) is 0 Å². The Kier molecular flexibility index (Phi) is 3.60. The summed E-state index contributed by atoms with van der Waals surface area (Å²) in [5, 5.41) is 10.6. The number of nitrogens with zero attached hydrogens (tertiary/aromatic N) is 1. The lowest BCUT2D eigenvalue weighted by Crippen LogP contribution is -2.38. The number of H-pyrrole nitrogens is 1. The normalized spacial score (nSPS) is 12.3. The van der Waals surface area contributed by atoms with Crippen LogP contribution in [-0.2, 0) is 0 Å². The molecule has 1 atom stereocenters. The number of rotatable bonds is 3. The van der Waals surface area contributed by atoms with E-state index in [1.165, 1.54) is 12.1 Å². The van der Waals surface area contributed by atoms with Crippen molar-refractivity contribution in [2.24, 2.45) is 5.73 Å². The van der Waals surface area contributed by atoms with E-state index in [1.54, 1.807) is 37.3 Å². The number of carbonyl (C=O) groups is 1. The van der Waals surface area contributed by atoms with Gasteiger partial charge < -0.3 is 11.1 Å². The molecule has 6 heteroatoms. The predicted molar refractivity (Wildman–Crippen MR) is 82.6 cm³/mol. The van der Waals surface area contributed by atoms with E-state index >= 15 is 0 Å². The van der Waals surface area contributed by atoms with E-state index in [2.05, 4.69) is 15.5 Å². The summed E-state index contributed by atoms with van der Waals surface area (Å²) in [6.07, 6.45) is -0.427. The van der Waals surface area contributed by atoms with Crippen LogP contribution in [0.3, 0.4) is 0 Å². The lowest BCUT2D eigenvalue weighted by atomic mass is 10.1. The van der Waals surface area contributed by atoms with Crippen molar-refractivity contribution in [2.45, 2.75) is 13.1 Å². The second-order valence-electron chi connectivity index (χ2n) is 5.10. The number of nitrogens with one attached hydrogen (secondary N) is 2. The topological polar surface area (TPSA) is 83.8 Å². The molecule has 0 radical (unpaired) electrons. The predicted octanol–water partition coefficient (Wildman–Crippen LogP) is 2.40. The van der Waals surface area contributed by atoms with Crippen LogP contribution in [0.1, 0.15) is 17.3 Å². The number of aromatic amines is 1. The minimum Gasteiger partial charge on any atom is -0.337 e. The van der Waals surface area contributed by atoms with Gasteiger partial charge in [0.2, 0.25) is 0 Å². The van der Waals surface area contributed by atoms with Gasteiger partial charge in [-0.25, -0.2) is 4.39 Å². The van der Waals surface area contributed by atoms with Crippen LogP contribution < -0.4 is 11.1 Å². The average Bonchev–Trinajstić information content (AvgIpc) is 2.90.